The third-order valence-electron chi connectivity index (χ3n) is 5.77. The van der Waals surface area contributed by atoms with Gasteiger partial charge in [0.05, 0.1) is 0 Å². The minimum absolute atomic E-state index is 0.134. The Morgan fingerprint density at radius 2 is 1.80 bits per heavy atom. The molecule has 0 aliphatic carbocycles. The van der Waals surface area contributed by atoms with Crippen LogP contribution in [-0.4, -0.2) is 54.7 Å². The van der Waals surface area contributed by atoms with Gasteiger partial charge < -0.3 is 24.6 Å². The predicted molar refractivity (Wildman–Crippen MR) is 114 cm³/mol. The van der Waals surface area contributed by atoms with Crippen molar-refractivity contribution in [3.63, 3.8) is 0 Å². The van der Waals surface area contributed by atoms with Crippen LogP contribution in [0.3, 0.4) is 0 Å². The number of rotatable bonds is 5. The first-order valence-corrected chi connectivity index (χ1v) is 10.6. The van der Waals surface area contributed by atoms with Gasteiger partial charge in [0.25, 0.3) is 0 Å². The second-order valence-corrected chi connectivity index (χ2v) is 7.71. The highest BCUT2D eigenvalue weighted by atomic mass is 19.1. The highest BCUT2D eigenvalue weighted by Gasteiger charge is 2.28. The van der Waals surface area contributed by atoms with Crippen molar-refractivity contribution in [1.29, 1.82) is 0 Å². The van der Waals surface area contributed by atoms with Crippen molar-refractivity contribution >= 4 is 11.7 Å². The average molecular weight is 413 g/mol. The van der Waals surface area contributed by atoms with Gasteiger partial charge in [0.15, 0.2) is 11.5 Å². The molecule has 2 aromatic rings. The van der Waals surface area contributed by atoms with E-state index in [0.29, 0.717) is 36.9 Å². The van der Waals surface area contributed by atoms with Crippen LogP contribution in [0, 0.1) is 5.82 Å². The van der Waals surface area contributed by atoms with E-state index in [2.05, 4.69) is 17.1 Å². The zero-order chi connectivity index (χ0) is 20.9. The number of likely N-dealkylation sites (tertiary alicyclic amines) is 1. The molecule has 0 atom stereocenters. The lowest BCUT2D eigenvalue weighted by atomic mass is 10.0. The van der Waals surface area contributed by atoms with Crippen molar-refractivity contribution in [2.75, 3.05) is 38.2 Å². The number of ether oxygens (including phenoxy) is 2. The van der Waals surface area contributed by atoms with Crippen LogP contribution in [0.15, 0.2) is 42.5 Å². The summed E-state index contributed by atoms with van der Waals surface area (Å²) in [6.45, 7) is 6.58. The normalized spacial score (nSPS) is 16.9. The number of carbonyl (C=O) groups excluding carboxylic acids is 1. The molecule has 1 saturated heterocycles. The monoisotopic (exact) mass is 413 g/mol. The zero-order valence-electron chi connectivity index (χ0n) is 17.3. The summed E-state index contributed by atoms with van der Waals surface area (Å²) < 4.78 is 24.5. The quantitative estimate of drug-likeness (QED) is 0.801. The molecular formula is C23H28FN3O3. The molecule has 0 radical (unpaired) electrons. The minimum atomic E-state index is -0.276. The number of carbonyl (C=O) groups is 1. The summed E-state index contributed by atoms with van der Waals surface area (Å²) in [6, 6.07) is 11.7. The lowest BCUT2D eigenvalue weighted by molar-refractivity contribution is 0.126. The fourth-order valence-electron chi connectivity index (χ4n) is 4.02. The van der Waals surface area contributed by atoms with Crippen LogP contribution in [0.5, 0.6) is 11.5 Å². The molecule has 2 aliphatic rings. The van der Waals surface area contributed by atoms with Gasteiger partial charge in [-0.25, -0.2) is 9.18 Å². The van der Waals surface area contributed by atoms with Gasteiger partial charge in [0.1, 0.15) is 19.0 Å². The Morgan fingerprint density at radius 1 is 1.10 bits per heavy atom. The van der Waals surface area contributed by atoms with Crippen molar-refractivity contribution in [1.82, 2.24) is 9.80 Å². The van der Waals surface area contributed by atoms with Crippen LogP contribution < -0.4 is 14.8 Å². The largest absolute Gasteiger partial charge is 0.486 e. The van der Waals surface area contributed by atoms with Crippen LogP contribution >= 0.6 is 0 Å². The maximum Gasteiger partial charge on any atom is 0.322 e. The molecule has 2 aliphatic heterocycles. The van der Waals surface area contributed by atoms with Crippen molar-refractivity contribution in [3.05, 3.63) is 53.8 Å². The summed E-state index contributed by atoms with van der Waals surface area (Å²) in [5.41, 5.74) is 1.57. The lowest BCUT2D eigenvalue weighted by Crippen LogP contribution is -2.48. The molecule has 2 amide bonds. The molecule has 1 fully saturated rings. The first-order valence-electron chi connectivity index (χ1n) is 10.6. The summed E-state index contributed by atoms with van der Waals surface area (Å²) in [4.78, 5) is 17.5. The highest BCUT2D eigenvalue weighted by Crippen LogP contribution is 2.33. The molecule has 2 aromatic carbocycles. The van der Waals surface area contributed by atoms with Crippen LogP contribution in [0.1, 0.15) is 25.3 Å². The smallest absolute Gasteiger partial charge is 0.322 e. The number of urea groups is 1. The van der Waals surface area contributed by atoms with Gasteiger partial charge in [-0.2, -0.15) is 0 Å². The number of nitrogens with one attached hydrogen (secondary N) is 1. The third kappa shape index (κ3) is 4.84. The molecule has 30 heavy (non-hydrogen) atoms. The molecule has 6 nitrogen and oxygen atoms in total. The molecular weight excluding hydrogens is 385 g/mol. The Bertz CT molecular complexity index is 866. The maximum atomic E-state index is 13.3. The number of halogens is 1. The van der Waals surface area contributed by atoms with Crippen LogP contribution in [0.4, 0.5) is 14.9 Å². The summed E-state index contributed by atoms with van der Waals surface area (Å²) in [5.74, 6) is 1.05. The molecule has 0 bridgehead atoms. The van der Waals surface area contributed by atoms with Crippen molar-refractivity contribution in [2.45, 2.75) is 32.4 Å². The Balaban J connectivity index is 1.50. The fraction of sp³-hybridized carbons (Fsp3) is 0.435. The van der Waals surface area contributed by atoms with E-state index in [1.165, 1.54) is 12.1 Å². The number of piperidine rings is 1. The Morgan fingerprint density at radius 3 is 2.50 bits per heavy atom. The Kier molecular flexibility index (Phi) is 6.38. The molecule has 160 valence electrons. The Hall–Kier alpha value is -2.80. The number of benzene rings is 2. The van der Waals surface area contributed by atoms with Gasteiger partial charge in [-0.15, -0.1) is 0 Å². The minimum Gasteiger partial charge on any atom is -0.486 e. The molecule has 0 unspecified atom stereocenters. The summed E-state index contributed by atoms with van der Waals surface area (Å²) >= 11 is 0. The van der Waals surface area contributed by atoms with E-state index in [0.717, 1.165) is 38.0 Å². The number of fused-ring (bicyclic) bond motifs is 1. The topological polar surface area (TPSA) is 54.0 Å². The summed E-state index contributed by atoms with van der Waals surface area (Å²) in [7, 11) is 0. The summed E-state index contributed by atoms with van der Waals surface area (Å²) in [5, 5.41) is 3.01. The van der Waals surface area contributed by atoms with Crippen LogP contribution in [-0.2, 0) is 6.54 Å². The standard InChI is InChI=1S/C23H28FN3O3/c1-2-26-11-9-20(10-12-26)27(16-17-3-5-18(24)6-4-17)23(28)25-19-7-8-21-22(15-19)30-14-13-29-21/h3-8,15,20H,2,9-14,16H2,1H3,(H,25,28). The number of hydrogen-bond donors (Lipinski definition) is 1. The molecule has 0 spiro atoms. The SMILES string of the molecule is CCN1CCC(N(Cc2ccc(F)cc2)C(=O)Nc2ccc3c(c2)OCCO3)CC1. The van der Waals surface area contributed by atoms with E-state index in [1.807, 2.05) is 17.0 Å². The fourth-order valence-corrected chi connectivity index (χ4v) is 4.02. The number of hydrogen-bond acceptors (Lipinski definition) is 4. The van der Waals surface area contributed by atoms with E-state index in [1.54, 1.807) is 18.2 Å². The van der Waals surface area contributed by atoms with Crippen LogP contribution in [0.2, 0.25) is 0 Å². The molecule has 0 aromatic heterocycles. The van der Waals surface area contributed by atoms with Gasteiger partial charge in [-0.05, 0) is 49.2 Å². The van der Waals surface area contributed by atoms with E-state index < -0.39 is 0 Å². The van der Waals surface area contributed by atoms with Crippen molar-refractivity contribution < 1.29 is 18.7 Å². The number of amides is 2. The van der Waals surface area contributed by atoms with E-state index >= 15 is 0 Å². The lowest BCUT2D eigenvalue weighted by Gasteiger charge is -2.38. The van der Waals surface area contributed by atoms with Gasteiger partial charge in [-0.3, -0.25) is 0 Å². The number of anilines is 1. The Labute approximate surface area is 176 Å². The third-order valence-corrected chi connectivity index (χ3v) is 5.77. The first-order chi connectivity index (χ1) is 14.6. The van der Waals surface area contributed by atoms with Gasteiger partial charge in [-0.1, -0.05) is 19.1 Å². The second kappa shape index (κ2) is 9.34. The molecule has 4 rings (SSSR count). The van der Waals surface area contributed by atoms with E-state index in [-0.39, 0.29) is 17.9 Å². The molecule has 1 N–H and O–H groups in total. The molecule has 7 heteroatoms. The van der Waals surface area contributed by atoms with E-state index in [9.17, 15) is 9.18 Å². The summed E-state index contributed by atoms with van der Waals surface area (Å²) in [6.07, 6.45) is 1.84. The number of nitrogens with zero attached hydrogens (tertiary/aromatic N) is 2. The zero-order valence-corrected chi connectivity index (χ0v) is 17.3. The molecule has 0 saturated carbocycles. The van der Waals surface area contributed by atoms with Gasteiger partial charge in [0.2, 0.25) is 0 Å². The first kappa shape index (κ1) is 20.5. The van der Waals surface area contributed by atoms with Gasteiger partial charge in [0, 0.05) is 37.4 Å². The van der Waals surface area contributed by atoms with E-state index in [4.69, 9.17) is 9.47 Å². The highest BCUT2D eigenvalue weighted by molar-refractivity contribution is 5.90. The van der Waals surface area contributed by atoms with Crippen molar-refractivity contribution in [3.8, 4) is 11.5 Å². The van der Waals surface area contributed by atoms with Gasteiger partial charge >= 0.3 is 6.03 Å². The maximum absolute atomic E-state index is 13.3. The molecule has 2 heterocycles. The predicted octanol–water partition coefficient (Wildman–Crippen LogP) is 4.12. The van der Waals surface area contributed by atoms with Crippen molar-refractivity contribution in [2.24, 2.45) is 0 Å². The second-order valence-electron chi connectivity index (χ2n) is 7.71. The van der Waals surface area contributed by atoms with Crippen LogP contribution in [0.25, 0.3) is 0 Å². The average Bonchev–Trinajstić information content (AvgIpc) is 2.78.